The summed E-state index contributed by atoms with van der Waals surface area (Å²) in [7, 11) is 0. The number of nitrogens with zero attached hydrogens (tertiary/aromatic N) is 1. The summed E-state index contributed by atoms with van der Waals surface area (Å²) in [5.74, 6) is -0.0256. The van der Waals surface area contributed by atoms with Gasteiger partial charge in [-0.2, -0.15) is 0 Å². The number of hydrogen-bond donors (Lipinski definition) is 1. The van der Waals surface area contributed by atoms with Gasteiger partial charge in [-0.25, -0.2) is 4.98 Å². The van der Waals surface area contributed by atoms with Gasteiger partial charge >= 0.3 is 0 Å². The van der Waals surface area contributed by atoms with Gasteiger partial charge in [-0.15, -0.1) is 22.7 Å². The van der Waals surface area contributed by atoms with E-state index in [1.165, 1.54) is 11.3 Å². The number of amides is 1. The third-order valence-corrected chi connectivity index (χ3v) is 4.76. The molecule has 1 N–H and O–H groups in total. The number of carbonyl (C=O) groups excluding carboxylic acids is 1. The molecule has 0 saturated carbocycles. The maximum Gasteiger partial charge on any atom is 0.263 e. The van der Waals surface area contributed by atoms with Crippen LogP contribution in [-0.4, -0.2) is 17.4 Å². The van der Waals surface area contributed by atoms with Gasteiger partial charge in [0.15, 0.2) is 0 Å². The fourth-order valence-corrected chi connectivity index (χ4v) is 3.41. The van der Waals surface area contributed by atoms with Gasteiger partial charge in [0.1, 0.15) is 9.88 Å². The number of thiophene rings is 1. The van der Waals surface area contributed by atoms with E-state index in [2.05, 4.69) is 10.3 Å². The van der Waals surface area contributed by atoms with E-state index < -0.39 is 0 Å². The predicted octanol–water partition coefficient (Wildman–Crippen LogP) is 3.88. The lowest BCUT2D eigenvalue weighted by atomic mass is 10.3. The number of carbonyl (C=O) groups is 1. The van der Waals surface area contributed by atoms with Gasteiger partial charge < -0.3 is 5.32 Å². The molecular formula is C14H16N2OS2. The first kappa shape index (κ1) is 14.0. The summed E-state index contributed by atoms with van der Waals surface area (Å²) in [5.41, 5.74) is 0.803. The first-order valence-electron chi connectivity index (χ1n) is 6.13. The molecule has 0 aliphatic carbocycles. The first-order chi connectivity index (χ1) is 9.22. The second-order valence-corrected chi connectivity index (χ2v) is 5.97. The van der Waals surface area contributed by atoms with Crippen molar-refractivity contribution in [3.8, 4) is 9.88 Å². The number of hydrogen-bond acceptors (Lipinski definition) is 4. The molecule has 1 amide bonds. The topological polar surface area (TPSA) is 42.0 Å². The maximum atomic E-state index is 12.1. The molecule has 100 valence electrons. The standard InChI is InChI=1S/C14H16N2OS2/c1-3-4-5-8-15-13(17)12-10(2)16-14(19-12)11-7-6-9-18-11/h3-4,6-7,9H,5,8H2,1-2H3,(H,15,17)/b4-3+. The Morgan fingerprint density at radius 3 is 3.05 bits per heavy atom. The summed E-state index contributed by atoms with van der Waals surface area (Å²) < 4.78 is 0. The summed E-state index contributed by atoms with van der Waals surface area (Å²) in [6.45, 7) is 4.52. The summed E-state index contributed by atoms with van der Waals surface area (Å²) in [4.78, 5) is 18.3. The Morgan fingerprint density at radius 1 is 1.53 bits per heavy atom. The van der Waals surface area contributed by atoms with Gasteiger partial charge in [0, 0.05) is 6.54 Å². The Balaban J connectivity index is 2.06. The number of aromatic nitrogens is 1. The SMILES string of the molecule is C/C=C/CCNC(=O)c1sc(-c2cccs2)nc1C. The smallest absolute Gasteiger partial charge is 0.263 e. The van der Waals surface area contributed by atoms with Crippen molar-refractivity contribution in [2.75, 3.05) is 6.54 Å². The Hall–Kier alpha value is -1.46. The number of aryl methyl sites for hydroxylation is 1. The molecule has 19 heavy (non-hydrogen) atoms. The van der Waals surface area contributed by atoms with Gasteiger partial charge in [-0.1, -0.05) is 18.2 Å². The average molecular weight is 292 g/mol. The van der Waals surface area contributed by atoms with E-state index in [-0.39, 0.29) is 5.91 Å². The molecule has 2 rings (SSSR count). The van der Waals surface area contributed by atoms with Crippen molar-refractivity contribution < 1.29 is 4.79 Å². The average Bonchev–Trinajstić information content (AvgIpc) is 3.03. The lowest BCUT2D eigenvalue weighted by Gasteiger charge is -2.00. The quantitative estimate of drug-likeness (QED) is 0.671. The highest BCUT2D eigenvalue weighted by Crippen LogP contribution is 2.30. The van der Waals surface area contributed by atoms with Crippen molar-refractivity contribution in [1.29, 1.82) is 0 Å². The first-order valence-corrected chi connectivity index (χ1v) is 7.82. The van der Waals surface area contributed by atoms with E-state index in [9.17, 15) is 4.79 Å². The molecule has 0 radical (unpaired) electrons. The minimum absolute atomic E-state index is 0.0256. The zero-order valence-corrected chi connectivity index (χ0v) is 12.6. The molecule has 2 aromatic rings. The lowest BCUT2D eigenvalue weighted by molar-refractivity contribution is 0.0957. The summed E-state index contributed by atoms with van der Waals surface area (Å²) in [6, 6.07) is 4.02. The third-order valence-electron chi connectivity index (χ3n) is 2.57. The van der Waals surface area contributed by atoms with Crippen LogP contribution in [0.4, 0.5) is 0 Å². The highest BCUT2D eigenvalue weighted by molar-refractivity contribution is 7.22. The van der Waals surface area contributed by atoms with Gasteiger partial charge in [-0.3, -0.25) is 4.79 Å². The summed E-state index contributed by atoms with van der Waals surface area (Å²) >= 11 is 3.10. The van der Waals surface area contributed by atoms with Crippen LogP contribution in [0, 0.1) is 6.92 Å². The second kappa shape index (κ2) is 6.63. The Kier molecular flexibility index (Phi) is 4.87. The normalized spacial score (nSPS) is 11.1. The molecule has 3 nitrogen and oxygen atoms in total. The maximum absolute atomic E-state index is 12.1. The number of thiazole rings is 1. The van der Waals surface area contributed by atoms with E-state index in [1.54, 1.807) is 11.3 Å². The molecule has 0 spiro atoms. The molecule has 0 unspecified atom stereocenters. The van der Waals surface area contributed by atoms with Crippen LogP contribution in [0.5, 0.6) is 0 Å². The second-order valence-electron chi connectivity index (χ2n) is 4.02. The molecule has 2 heterocycles. The molecule has 0 saturated heterocycles. The van der Waals surface area contributed by atoms with E-state index in [0.29, 0.717) is 11.4 Å². The fourth-order valence-electron chi connectivity index (χ4n) is 1.63. The molecular weight excluding hydrogens is 276 g/mol. The number of nitrogens with one attached hydrogen (secondary N) is 1. The van der Waals surface area contributed by atoms with Crippen LogP contribution in [0.3, 0.4) is 0 Å². The van der Waals surface area contributed by atoms with Gasteiger partial charge in [0.05, 0.1) is 10.6 Å². The van der Waals surface area contributed by atoms with E-state index in [1.807, 2.05) is 43.5 Å². The van der Waals surface area contributed by atoms with Crippen molar-refractivity contribution in [3.63, 3.8) is 0 Å². The van der Waals surface area contributed by atoms with E-state index >= 15 is 0 Å². The highest BCUT2D eigenvalue weighted by atomic mass is 32.1. The fraction of sp³-hybridized carbons (Fsp3) is 0.286. The lowest BCUT2D eigenvalue weighted by Crippen LogP contribution is -2.23. The van der Waals surface area contributed by atoms with Gasteiger partial charge in [-0.05, 0) is 31.7 Å². The van der Waals surface area contributed by atoms with Crippen LogP contribution in [0.25, 0.3) is 9.88 Å². The number of rotatable bonds is 5. The molecule has 0 aliphatic heterocycles. The zero-order valence-electron chi connectivity index (χ0n) is 11.0. The molecule has 0 fully saturated rings. The largest absolute Gasteiger partial charge is 0.351 e. The molecule has 5 heteroatoms. The minimum atomic E-state index is -0.0256. The van der Waals surface area contributed by atoms with E-state index in [4.69, 9.17) is 0 Å². The van der Waals surface area contributed by atoms with Crippen LogP contribution >= 0.6 is 22.7 Å². The molecule has 2 aromatic heterocycles. The van der Waals surface area contributed by atoms with Crippen LogP contribution < -0.4 is 5.32 Å². The summed E-state index contributed by atoms with van der Waals surface area (Å²) in [5, 5.41) is 5.86. The molecule has 0 aromatic carbocycles. The van der Waals surface area contributed by atoms with Crippen LogP contribution in [-0.2, 0) is 0 Å². The van der Waals surface area contributed by atoms with Crippen molar-refractivity contribution in [2.24, 2.45) is 0 Å². The van der Waals surface area contributed by atoms with Crippen LogP contribution in [0.1, 0.15) is 28.7 Å². The van der Waals surface area contributed by atoms with Crippen molar-refractivity contribution >= 4 is 28.6 Å². The van der Waals surface area contributed by atoms with Gasteiger partial charge in [0.2, 0.25) is 0 Å². The van der Waals surface area contributed by atoms with Crippen LogP contribution in [0.2, 0.25) is 0 Å². The van der Waals surface area contributed by atoms with Gasteiger partial charge in [0.25, 0.3) is 5.91 Å². The van der Waals surface area contributed by atoms with Crippen molar-refractivity contribution in [1.82, 2.24) is 10.3 Å². The highest BCUT2D eigenvalue weighted by Gasteiger charge is 2.15. The van der Waals surface area contributed by atoms with Crippen molar-refractivity contribution in [2.45, 2.75) is 20.3 Å². The molecule has 0 bridgehead atoms. The molecule has 0 atom stereocenters. The monoisotopic (exact) mass is 292 g/mol. The number of allylic oxidation sites excluding steroid dienone is 1. The van der Waals surface area contributed by atoms with Crippen molar-refractivity contribution in [3.05, 3.63) is 40.2 Å². The third kappa shape index (κ3) is 3.52. The predicted molar refractivity (Wildman–Crippen MR) is 81.9 cm³/mol. The Morgan fingerprint density at radius 2 is 2.37 bits per heavy atom. The zero-order chi connectivity index (χ0) is 13.7. The Labute approximate surface area is 121 Å². The molecule has 0 aliphatic rings. The summed E-state index contributed by atoms with van der Waals surface area (Å²) in [6.07, 6.45) is 4.88. The van der Waals surface area contributed by atoms with E-state index in [0.717, 1.165) is 22.0 Å². The Bertz CT molecular complexity index is 570. The van der Waals surface area contributed by atoms with Crippen LogP contribution in [0.15, 0.2) is 29.7 Å². The minimum Gasteiger partial charge on any atom is -0.351 e.